The van der Waals surface area contributed by atoms with E-state index in [9.17, 15) is 0 Å². The molecule has 0 saturated heterocycles. The Bertz CT molecular complexity index is 148. The van der Waals surface area contributed by atoms with Crippen LogP contribution < -0.4 is 0 Å². The summed E-state index contributed by atoms with van der Waals surface area (Å²) in [6.45, 7) is 10.6. The summed E-state index contributed by atoms with van der Waals surface area (Å²) in [7, 11) is 2.05. The fourth-order valence-electron chi connectivity index (χ4n) is 0.682. The molecule has 0 unspecified atom stereocenters. The molecular weight excluding hydrogens is 136 g/mol. The van der Waals surface area contributed by atoms with Gasteiger partial charge in [0.05, 0.1) is 12.4 Å². The fourth-order valence-corrected chi connectivity index (χ4v) is 0.682. The van der Waals surface area contributed by atoms with Crippen LogP contribution in [0.1, 0.15) is 20.8 Å². The van der Waals surface area contributed by atoms with Gasteiger partial charge < -0.3 is 4.90 Å². The van der Waals surface area contributed by atoms with Crippen molar-refractivity contribution in [1.82, 2.24) is 4.90 Å². The number of aliphatic imine (C=N–C) groups is 1. The highest BCUT2D eigenvalue weighted by atomic mass is 15.2. The predicted molar refractivity (Wildman–Crippen MR) is 51.1 cm³/mol. The third-order valence-electron chi connectivity index (χ3n) is 1.73. The minimum atomic E-state index is 0.517. The standard InChI is InChI=1S/C9H18N2/c1-6-7-10-9(4)11(5)8(2)3/h6,8H,1,7H2,2-5H3/b10-9-. The lowest BCUT2D eigenvalue weighted by molar-refractivity contribution is 0.414. The zero-order chi connectivity index (χ0) is 8.85. The van der Waals surface area contributed by atoms with Crippen LogP contribution in [0.25, 0.3) is 0 Å². The average molecular weight is 154 g/mol. The Hall–Kier alpha value is -0.790. The quantitative estimate of drug-likeness (QED) is 0.344. The van der Waals surface area contributed by atoms with Crippen molar-refractivity contribution in [3.63, 3.8) is 0 Å². The minimum Gasteiger partial charge on any atom is -0.361 e. The molecule has 2 heteroatoms. The monoisotopic (exact) mass is 154 g/mol. The van der Waals surface area contributed by atoms with Crippen LogP contribution in [0.5, 0.6) is 0 Å². The lowest BCUT2D eigenvalue weighted by atomic mass is 10.3. The molecule has 2 nitrogen and oxygen atoms in total. The molecule has 0 aliphatic carbocycles. The average Bonchev–Trinajstić information content (AvgIpc) is 1.98. The molecule has 0 atom stereocenters. The maximum Gasteiger partial charge on any atom is 0.0961 e. The Balaban J connectivity index is 3.99. The highest BCUT2D eigenvalue weighted by Gasteiger charge is 2.02. The molecular formula is C9H18N2. The molecule has 0 aromatic carbocycles. The highest BCUT2D eigenvalue weighted by Crippen LogP contribution is 1.95. The maximum atomic E-state index is 4.29. The van der Waals surface area contributed by atoms with Gasteiger partial charge in [0.25, 0.3) is 0 Å². The summed E-state index contributed by atoms with van der Waals surface area (Å²) >= 11 is 0. The molecule has 0 bridgehead atoms. The zero-order valence-electron chi connectivity index (χ0n) is 7.96. The summed E-state index contributed by atoms with van der Waals surface area (Å²) in [5.74, 6) is 1.07. The first kappa shape index (κ1) is 10.2. The van der Waals surface area contributed by atoms with Crippen molar-refractivity contribution in [1.29, 1.82) is 0 Å². The van der Waals surface area contributed by atoms with Crippen molar-refractivity contribution in [2.24, 2.45) is 4.99 Å². The molecule has 64 valence electrons. The first-order valence-electron chi connectivity index (χ1n) is 3.94. The normalized spacial score (nSPS) is 11.9. The lowest BCUT2D eigenvalue weighted by Gasteiger charge is -2.22. The van der Waals surface area contributed by atoms with E-state index >= 15 is 0 Å². The molecule has 0 N–H and O–H groups in total. The van der Waals surface area contributed by atoms with Crippen LogP contribution in [0.2, 0.25) is 0 Å². The SMILES string of the molecule is C=CC/N=C(/C)N(C)C(C)C. The summed E-state index contributed by atoms with van der Waals surface area (Å²) < 4.78 is 0. The minimum absolute atomic E-state index is 0.517. The Labute approximate surface area is 69.6 Å². The Kier molecular flexibility index (Phi) is 4.59. The lowest BCUT2D eigenvalue weighted by Crippen LogP contribution is -2.31. The number of nitrogens with zero attached hydrogens (tertiary/aromatic N) is 2. The molecule has 0 fully saturated rings. The van der Waals surface area contributed by atoms with Crippen molar-refractivity contribution in [3.8, 4) is 0 Å². The molecule has 0 aromatic heterocycles. The summed E-state index contributed by atoms with van der Waals surface area (Å²) in [5, 5.41) is 0. The van der Waals surface area contributed by atoms with Crippen molar-refractivity contribution in [2.75, 3.05) is 13.6 Å². The third kappa shape index (κ3) is 3.81. The van der Waals surface area contributed by atoms with Gasteiger partial charge in [0.2, 0.25) is 0 Å². The van der Waals surface area contributed by atoms with E-state index in [-0.39, 0.29) is 0 Å². The molecule has 0 aliphatic rings. The van der Waals surface area contributed by atoms with Crippen LogP contribution in [-0.4, -0.2) is 30.4 Å². The first-order valence-corrected chi connectivity index (χ1v) is 3.94. The second-order valence-electron chi connectivity index (χ2n) is 2.88. The van der Waals surface area contributed by atoms with Gasteiger partial charge in [-0.05, 0) is 20.8 Å². The van der Waals surface area contributed by atoms with Crippen LogP contribution >= 0.6 is 0 Å². The van der Waals surface area contributed by atoms with Gasteiger partial charge >= 0.3 is 0 Å². The van der Waals surface area contributed by atoms with E-state index in [1.54, 1.807) is 6.08 Å². The summed E-state index contributed by atoms with van der Waals surface area (Å²) in [6, 6.07) is 0.517. The van der Waals surface area contributed by atoms with E-state index in [1.165, 1.54) is 0 Å². The van der Waals surface area contributed by atoms with E-state index in [4.69, 9.17) is 0 Å². The van der Waals surface area contributed by atoms with E-state index in [0.29, 0.717) is 12.6 Å². The Morgan fingerprint density at radius 2 is 2.18 bits per heavy atom. The van der Waals surface area contributed by atoms with Gasteiger partial charge in [-0.3, -0.25) is 4.99 Å². The summed E-state index contributed by atoms with van der Waals surface area (Å²) in [4.78, 5) is 6.43. The third-order valence-corrected chi connectivity index (χ3v) is 1.73. The van der Waals surface area contributed by atoms with Gasteiger partial charge in [-0.15, -0.1) is 6.58 Å². The number of amidine groups is 1. The first-order chi connectivity index (χ1) is 5.09. The van der Waals surface area contributed by atoms with Crippen LogP contribution in [0, 0.1) is 0 Å². The molecule has 0 rings (SSSR count). The second kappa shape index (κ2) is 4.94. The number of rotatable bonds is 3. The maximum absolute atomic E-state index is 4.29. The van der Waals surface area contributed by atoms with E-state index in [2.05, 4.69) is 30.3 Å². The van der Waals surface area contributed by atoms with Crippen molar-refractivity contribution >= 4 is 5.84 Å². The molecule has 0 aromatic rings. The van der Waals surface area contributed by atoms with Crippen molar-refractivity contribution in [3.05, 3.63) is 12.7 Å². The fraction of sp³-hybridized carbons (Fsp3) is 0.667. The molecule has 11 heavy (non-hydrogen) atoms. The van der Waals surface area contributed by atoms with E-state index in [1.807, 2.05) is 14.0 Å². The van der Waals surface area contributed by atoms with Gasteiger partial charge in [0.1, 0.15) is 0 Å². The zero-order valence-corrected chi connectivity index (χ0v) is 7.96. The van der Waals surface area contributed by atoms with Crippen molar-refractivity contribution in [2.45, 2.75) is 26.8 Å². The second-order valence-corrected chi connectivity index (χ2v) is 2.88. The van der Waals surface area contributed by atoms with Crippen LogP contribution in [0.15, 0.2) is 17.6 Å². The molecule has 0 aliphatic heterocycles. The van der Waals surface area contributed by atoms with Crippen LogP contribution in [0.3, 0.4) is 0 Å². The highest BCUT2D eigenvalue weighted by molar-refractivity contribution is 5.79. The Morgan fingerprint density at radius 3 is 2.55 bits per heavy atom. The van der Waals surface area contributed by atoms with Gasteiger partial charge in [-0.2, -0.15) is 0 Å². The van der Waals surface area contributed by atoms with Crippen LogP contribution in [-0.2, 0) is 0 Å². The summed E-state index contributed by atoms with van der Waals surface area (Å²) in [6.07, 6.45) is 1.80. The molecule has 0 heterocycles. The van der Waals surface area contributed by atoms with Gasteiger partial charge in [-0.25, -0.2) is 0 Å². The van der Waals surface area contributed by atoms with Gasteiger partial charge in [0.15, 0.2) is 0 Å². The Morgan fingerprint density at radius 1 is 1.64 bits per heavy atom. The molecule has 0 amide bonds. The van der Waals surface area contributed by atoms with E-state index in [0.717, 1.165) is 5.84 Å². The predicted octanol–water partition coefficient (Wildman–Crippen LogP) is 1.93. The molecule has 0 spiro atoms. The molecule has 0 radical (unpaired) electrons. The van der Waals surface area contributed by atoms with Crippen molar-refractivity contribution < 1.29 is 0 Å². The topological polar surface area (TPSA) is 15.6 Å². The van der Waals surface area contributed by atoms with Gasteiger partial charge in [-0.1, -0.05) is 6.08 Å². The summed E-state index contributed by atoms with van der Waals surface area (Å²) in [5.41, 5.74) is 0. The van der Waals surface area contributed by atoms with Crippen LogP contribution in [0.4, 0.5) is 0 Å². The smallest absolute Gasteiger partial charge is 0.0961 e. The van der Waals surface area contributed by atoms with E-state index < -0.39 is 0 Å². The largest absolute Gasteiger partial charge is 0.361 e. The number of hydrogen-bond acceptors (Lipinski definition) is 1. The van der Waals surface area contributed by atoms with Gasteiger partial charge in [0, 0.05) is 13.1 Å². The molecule has 0 saturated carbocycles. The number of hydrogen-bond donors (Lipinski definition) is 0.